The van der Waals surface area contributed by atoms with Gasteiger partial charge in [-0.15, -0.1) is 0 Å². The number of nitrogens with zero attached hydrogens (tertiary/aromatic N) is 2. The molecule has 20 heavy (non-hydrogen) atoms. The van der Waals surface area contributed by atoms with Crippen LogP contribution in [0.25, 0.3) is 22.2 Å². The van der Waals surface area contributed by atoms with Crippen LogP contribution in [0.1, 0.15) is 5.56 Å². The maximum Gasteiger partial charge on any atom is 0.1000 e. The van der Waals surface area contributed by atoms with Gasteiger partial charge in [0.2, 0.25) is 0 Å². The van der Waals surface area contributed by atoms with Crippen LogP contribution in [0.15, 0.2) is 42.5 Å². The maximum absolute atomic E-state index is 5.88. The van der Waals surface area contributed by atoms with Crippen LogP contribution in [0.2, 0.25) is 0 Å². The SMILES string of the molecule is CN(C)Cc1cccc(-c2n[nH]c3ccc(N)cc23)c1. The van der Waals surface area contributed by atoms with Crippen molar-refractivity contribution >= 4 is 16.6 Å². The fourth-order valence-electron chi connectivity index (χ4n) is 2.43. The van der Waals surface area contributed by atoms with Gasteiger partial charge >= 0.3 is 0 Å². The number of nitrogen functional groups attached to an aromatic ring is 1. The topological polar surface area (TPSA) is 57.9 Å². The van der Waals surface area contributed by atoms with Gasteiger partial charge in [0.15, 0.2) is 0 Å². The molecule has 0 aliphatic heterocycles. The molecule has 3 aromatic rings. The lowest BCUT2D eigenvalue weighted by Gasteiger charge is -2.10. The van der Waals surface area contributed by atoms with Gasteiger partial charge in [-0.2, -0.15) is 5.10 Å². The second-order valence-electron chi connectivity index (χ2n) is 5.32. The average molecular weight is 266 g/mol. The zero-order valence-corrected chi connectivity index (χ0v) is 11.7. The number of nitrogens with two attached hydrogens (primary N) is 1. The number of hydrogen-bond donors (Lipinski definition) is 2. The van der Waals surface area contributed by atoms with Crippen LogP contribution in [0.4, 0.5) is 5.69 Å². The summed E-state index contributed by atoms with van der Waals surface area (Å²) >= 11 is 0. The number of anilines is 1. The number of H-pyrrole nitrogens is 1. The molecule has 4 heteroatoms. The normalized spacial score (nSPS) is 11.3. The smallest absolute Gasteiger partial charge is 0.1000 e. The predicted octanol–water partition coefficient (Wildman–Crippen LogP) is 2.87. The van der Waals surface area contributed by atoms with Crippen molar-refractivity contribution < 1.29 is 0 Å². The third kappa shape index (κ3) is 2.38. The molecule has 0 saturated carbocycles. The average Bonchev–Trinajstić information content (AvgIpc) is 2.81. The minimum Gasteiger partial charge on any atom is -0.399 e. The van der Waals surface area contributed by atoms with Gasteiger partial charge in [0, 0.05) is 23.2 Å². The summed E-state index contributed by atoms with van der Waals surface area (Å²) in [6, 6.07) is 14.3. The van der Waals surface area contributed by atoms with E-state index in [1.54, 1.807) is 0 Å². The molecule has 0 aliphatic carbocycles. The van der Waals surface area contributed by atoms with Crippen LogP contribution < -0.4 is 5.73 Å². The highest BCUT2D eigenvalue weighted by atomic mass is 15.1. The highest BCUT2D eigenvalue weighted by Crippen LogP contribution is 2.28. The molecule has 0 radical (unpaired) electrons. The lowest BCUT2D eigenvalue weighted by molar-refractivity contribution is 0.402. The fraction of sp³-hybridized carbons (Fsp3) is 0.188. The molecule has 2 aromatic carbocycles. The minimum atomic E-state index is 0.754. The molecule has 0 amide bonds. The van der Waals surface area contributed by atoms with Gasteiger partial charge in [-0.1, -0.05) is 18.2 Å². The number of fused-ring (bicyclic) bond motifs is 1. The Hall–Kier alpha value is -2.33. The summed E-state index contributed by atoms with van der Waals surface area (Å²) in [5.41, 5.74) is 11.0. The van der Waals surface area contributed by atoms with Gasteiger partial charge in [-0.3, -0.25) is 5.10 Å². The van der Waals surface area contributed by atoms with E-state index in [2.05, 4.69) is 53.5 Å². The number of aromatic nitrogens is 2. The van der Waals surface area contributed by atoms with Crippen LogP contribution in [0.3, 0.4) is 0 Å². The van der Waals surface area contributed by atoms with Gasteiger partial charge in [0.25, 0.3) is 0 Å². The van der Waals surface area contributed by atoms with E-state index in [4.69, 9.17) is 5.73 Å². The van der Waals surface area contributed by atoms with Crippen LogP contribution >= 0.6 is 0 Å². The number of benzene rings is 2. The third-order valence-electron chi connectivity index (χ3n) is 3.29. The van der Waals surface area contributed by atoms with E-state index in [1.807, 2.05) is 18.2 Å². The number of nitrogens with one attached hydrogen (secondary N) is 1. The van der Waals surface area contributed by atoms with E-state index in [0.29, 0.717) is 0 Å². The molecule has 0 unspecified atom stereocenters. The Balaban J connectivity index is 2.08. The van der Waals surface area contributed by atoms with Crippen molar-refractivity contribution in [2.24, 2.45) is 0 Å². The van der Waals surface area contributed by atoms with Gasteiger partial charge in [0.05, 0.1) is 11.2 Å². The van der Waals surface area contributed by atoms with Gasteiger partial charge in [-0.05, 0) is 43.9 Å². The summed E-state index contributed by atoms with van der Waals surface area (Å²) < 4.78 is 0. The maximum atomic E-state index is 5.88. The second kappa shape index (κ2) is 4.98. The van der Waals surface area contributed by atoms with Crippen molar-refractivity contribution in [1.82, 2.24) is 15.1 Å². The summed E-state index contributed by atoms with van der Waals surface area (Å²) in [6.45, 7) is 0.915. The van der Waals surface area contributed by atoms with Crippen molar-refractivity contribution in [3.63, 3.8) is 0 Å². The lowest BCUT2D eigenvalue weighted by Crippen LogP contribution is -2.10. The Labute approximate surface area is 118 Å². The predicted molar refractivity (Wildman–Crippen MR) is 83.3 cm³/mol. The molecule has 0 saturated heterocycles. The molecule has 0 aliphatic rings. The highest BCUT2D eigenvalue weighted by Gasteiger charge is 2.09. The van der Waals surface area contributed by atoms with Gasteiger partial charge in [-0.25, -0.2) is 0 Å². The summed E-state index contributed by atoms with van der Waals surface area (Å²) in [5.74, 6) is 0. The lowest BCUT2D eigenvalue weighted by atomic mass is 10.0. The van der Waals surface area contributed by atoms with E-state index in [1.165, 1.54) is 5.56 Å². The summed E-state index contributed by atoms with van der Waals surface area (Å²) in [7, 11) is 4.13. The molecule has 3 rings (SSSR count). The Bertz CT molecular complexity index is 743. The molecular weight excluding hydrogens is 248 g/mol. The van der Waals surface area contributed by atoms with E-state index in [-0.39, 0.29) is 0 Å². The standard InChI is InChI=1S/C16H18N4/c1-20(2)10-11-4-3-5-12(8-11)16-14-9-13(17)6-7-15(14)18-19-16/h3-9H,10,17H2,1-2H3,(H,18,19). The molecule has 1 heterocycles. The zero-order chi connectivity index (χ0) is 14.1. The van der Waals surface area contributed by atoms with Crippen molar-refractivity contribution in [3.05, 3.63) is 48.0 Å². The molecule has 1 aromatic heterocycles. The number of aromatic amines is 1. The molecule has 0 fully saturated rings. The van der Waals surface area contributed by atoms with Crippen molar-refractivity contribution in [3.8, 4) is 11.3 Å². The minimum absolute atomic E-state index is 0.754. The van der Waals surface area contributed by atoms with Crippen molar-refractivity contribution in [1.29, 1.82) is 0 Å². The summed E-state index contributed by atoms with van der Waals surface area (Å²) in [4.78, 5) is 2.15. The number of rotatable bonds is 3. The summed E-state index contributed by atoms with van der Waals surface area (Å²) in [5, 5.41) is 8.55. The molecule has 102 valence electrons. The van der Waals surface area contributed by atoms with Crippen molar-refractivity contribution in [2.45, 2.75) is 6.54 Å². The molecule has 4 nitrogen and oxygen atoms in total. The van der Waals surface area contributed by atoms with E-state index in [0.717, 1.165) is 34.4 Å². The molecular formula is C16H18N4. The Kier molecular flexibility index (Phi) is 3.16. The van der Waals surface area contributed by atoms with Gasteiger partial charge in [0.1, 0.15) is 0 Å². The van der Waals surface area contributed by atoms with Crippen LogP contribution in [0.5, 0.6) is 0 Å². The van der Waals surface area contributed by atoms with Gasteiger partial charge < -0.3 is 10.6 Å². The second-order valence-corrected chi connectivity index (χ2v) is 5.32. The van der Waals surface area contributed by atoms with Crippen LogP contribution in [0, 0.1) is 0 Å². The molecule has 0 spiro atoms. The Morgan fingerprint density at radius 1 is 1.15 bits per heavy atom. The van der Waals surface area contributed by atoms with E-state index in [9.17, 15) is 0 Å². The number of hydrogen-bond acceptors (Lipinski definition) is 3. The first-order valence-electron chi connectivity index (χ1n) is 6.61. The third-order valence-corrected chi connectivity index (χ3v) is 3.29. The monoisotopic (exact) mass is 266 g/mol. The van der Waals surface area contributed by atoms with E-state index >= 15 is 0 Å². The van der Waals surface area contributed by atoms with Crippen molar-refractivity contribution in [2.75, 3.05) is 19.8 Å². The fourth-order valence-corrected chi connectivity index (χ4v) is 2.43. The molecule has 0 bridgehead atoms. The Morgan fingerprint density at radius 2 is 2.00 bits per heavy atom. The molecule has 3 N–H and O–H groups in total. The quantitative estimate of drug-likeness (QED) is 0.717. The first-order chi connectivity index (χ1) is 9.63. The molecule has 0 atom stereocenters. The van der Waals surface area contributed by atoms with Crippen LogP contribution in [-0.4, -0.2) is 29.2 Å². The zero-order valence-electron chi connectivity index (χ0n) is 11.7. The first-order valence-corrected chi connectivity index (χ1v) is 6.61. The Morgan fingerprint density at radius 3 is 2.80 bits per heavy atom. The summed E-state index contributed by atoms with van der Waals surface area (Å²) in [6.07, 6.45) is 0. The van der Waals surface area contributed by atoms with Crippen LogP contribution in [-0.2, 0) is 6.54 Å². The first kappa shape index (κ1) is 12.7. The highest BCUT2D eigenvalue weighted by molar-refractivity contribution is 5.94. The van der Waals surface area contributed by atoms with E-state index < -0.39 is 0 Å². The largest absolute Gasteiger partial charge is 0.399 e.